The Kier molecular flexibility index (Phi) is 5.94. The lowest BCUT2D eigenvalue weighted by Gasteiger charge is -2.26. The molecule has 9 heteroatoms. The second-order valence-corrected chi connectivity index (χ2v) is 10.8. The molecule has 0 saturated heterocycles. The Bertz CT molecular complexity index is 1750. The van der Waals surface area contributed by atoms with Crippen LogP contribution < -0.4 is 4.31 Å². The molecule has 7 nitrogen and oxygen atoms in total. The molecule has 0 saturated carbocycles. The Balaban J connectivity index is 1.67. The topological polar surface area (TPSA) is 92.5 Å². The van der Waals surface area contributed by atoms with Crippen molar-refractivity contribution in [2.75, 3.05) is 4.31 Å². The molecule has 0 aliphatic heterocycles. The molecule has 0 radical (unpaired) electrons. The summed E-state index contributed by atoms with van der Waals surface area (Å²) in [5.41, 5.74) is 2.39. The largest absolute Gasteiger partial charge is 0.478 e. The van der Waals surface area contributed by atoms with Crippen LogP contribution in [0.4, 0.5) is 5.82 Å². The number of carboxylic acid groups (broad SMARTS) is 1. The van der Waals surface area contributed by atoms with Gasteiger partial charge in [-0.2, -0.15) is 0 Å². The second-order valence-electron chi connectivity index (χ2n) is 8.57. The van der Waals surface area contributed by atoms with Crippen molar-refractivity contribution >= 4 is 55.1 Å². The molecule has 5 aromatic rings. The third kappa shape index (κ3) is 4.08. The molecule has 182 valence electrons. The molecule has 5 rings (SSSR count). The van der Waals surface area contributed by atoms with Crippen LogP contribution in [0.15, 0.2) is 84.0 Å². The summed E-state index contributed by atoms with van der Waals surface area (Å²) in [6, 6.07) is 18.5. The average molecular weight is 520 g/mol. The quantitative estimate of drug-likeness (QED) is 0.307. The van der Waals surface area contributed by atoms with Gasteiger partial charge in [0.25, 0.3) is 10.0 Å². The minimum absolute atomic E-state index is 0.00433. The number of anilines is 1. The number of carboxylic acids is 1. The number of nitrogens with zero attached hydrogens (tertiary/aromatic N) is 3. The minimum atomic E-state index is -4.10. The van der Waals surface area contributed by atoms with E-state index in [0.29, 0.717) is 10.8 Å². The van der Waals surface area contributed by atoms with Crippen LogP contribution in [0.25, 0.3) is 21.7 Å². The Morgan fingerprint density at radius 3 is 2.50 bits per heavy atom. The number of hydrogen-bond acceptors (Lipinski definition) is 4. The number of sulfonamides is 1. The van der Waals surface area contributed by atoms with Gasteiger partial charge in [-0.05, 0) is 54.3 Å². The lowest BCUT2D eigenvalue weighted by Crippen LogP contribution is -2.32. The van der Waals surface area contributed by atoms with Crippen molar-refractivity contribution in [1.29, 1.82) is 0 Å². The van der Waals surface area contributed by atoms with Gasteiger partial charge in [0, 0.05) is 41.3 Å². The molecule has 0 fully saturated rings. The first-order chi connectivity index (χ1) is 17.2. The van der Waals surface area contributed by atoms with E-state index in [0.717, 1.165) is 32.8 Å². The van der Waals surface area contributed by atoms with Crippen LogP contribution in [-0.4, -0.2) is 29.0 Å². The highest BCUT2D eigenvalue weighted by molar-refractivity contribution is 7.92. The molecule has 0 bridgehead atoms. The monoisotopic (exact) mass is 519 g/mol. The molecule has 0 atom stereocenters. The number of benzene rings is 3. The van der Waals surface area contributed by atoms with Gasteiger partial charge >= 0.3 is 5.97 Å². The van der Waals surface area contributed by atoms with Gasteiger partial charge in [0.05, 0.1) is 22.0 Å². The molecule has 0 spiro atoms. The Morgan fingerprint density at radius 1 is 1.06 bits per heavy atom. The molecule has 0 aliphatic carbocycles. The SMILES string of the molecule is Cc1c(N(Cc2ccc3c(c2)c(Cl)cn3C)S(=O)(=O)c2ccc(C(=O)O)cc2)ncc2ccccc12. The Hall–Kier alpha value is -3.88. The fraction of sp³-hybridized carbons (Fsp3) is 0.111. The molecule has 36 heavy (non-hydrogen) atoms. The molecule has 0 amide bonds. The predicted molar refractivity (Wildman–Crippen MR) is 141 cm³/mol. The van der Waals surface area contributed by atoms with Gasteiger partial charge in [0.2, 0.25) is 0 Å². The molecule has 1 N–H and O–H groups in total. The molecular weight excluding hydrogens is 498 g/mol. The van der Waals surface area contributed by atoms with E-state index in [1.807, 2.05) is 67.2 Å². The van der Waals surface area contributed by atoms with Crippen LogP contribution in [0, 0.1) is 6.92 Å². The highest BCUT2D eigenvalue weighted by Crippen LogP contribution is 2.33. The molecule has 0 unspecified atom stereocenters. The molecule has 0 aliphatic rings. The fourth-order valence-corrected chi connectivity index (χ4v) is 6.14. The maximum atomic E-state index is 13.9. The number of aromatic nitrogens is 2. The third-order valence-corrected chi connectivity index (χ3v) is 8.33. The minimum Gasteiger partial charge on any atom is -0.478 e. The number of fused-ring (bicyclic) bond motifs is 2. The summed E-state index contributed by atoms with van der Waals surface area (Å²) in [4.78, 5) is 15.8. The molecule has 3 aromatic carbocycles. The van der Waals surface area contributed by atoms with Crippen LogP contribution in [0.1, 0.15) is 21.5 Å². The van der Waals surface area contributed by atoms with E-state index in [2.05, 4.69) is 4.98 Å². The van der Waals surface area contributed by atoms with Gasteiger partial charge in [-0.25, -0.2) is 22.5 Å². The van der Waals surface area contributed by atoms with Gasteiger partial charge in [0.15, 0.2) is 0 Å². The standard InChI is InChI=1S/C27H22ClN3O4S/c1-17-22-6-4-3-5-20(22)14-29-26(17)31(36(34,35)21-10-8-19(9-11-21)27(32)33)15-18-7-12-25-23(13-18)24(28)16-30(25)2/h3-14,16H,15H2,1-2H3,(H,32,33). The maximum Gasteiger partial charge on any atom is 0.335 e. The van der Waals surface area contributed by atoms with Crippen molar-refractivity contribution in [2.24, 2.45) is 7.05 Å². The number of pyridine rings is 1. The van der Waals surface area contributed by atoms with Crippen LogP contribution in [0.2, 0.25) is 5.02 Å². The van der Waals surface area contributed by atoms with E-state index >= 15 is 0 Å². The Labute approximate surface area is 213 Å². The molecule has 2 heterocycles. The van der Waals surface area contributed by atoms with Crippen LogP contribution >= 0.6 is 11.6 Å². The zero-order valence-corrected chi connectivity index (χ0v) is 21.1. The van der Waals surface area contributed by atoms with E-state index in [1.54, 1.807) is 6.20 Å². The average Bonchev–Trinajstić information content (AvgIpc) is 3.16. The van der Waals surface area contributed by atoms with E-state index in [1.165, 1.54) is 28.6 Å². The number of rotatable bonds is 6. The third-order valence-electron chi connectivity index (χ3n) is 6.28. The lowest BCUT2D eigenvalue weighted by molar-refractivity contribution is 0.0696. The first-order valence-electron chi connectivity index (χ1n) is 11.1. The summed E-state index contributed by atoms with van der Waals surface area (Å²) < 4.78 is 31.1. The summed E-state index contributed by atoms with van der Waals surface area (Å²) in [5, 5.41) is 12.4. The van der Waals surface area contributed by atoms with Crippen molar-refractivity contribution in [2.45, 2.75) is 18.4 Å². The summed E-state index contributed by atoms with van der Waals surface area (Å²) in [5.74, 6) is -0.828. The summed E-state index contributed by atoms with van der Waals surface area (Å²) in [7, 11) is -2.21. The fourth-order valence-electron chi connectivity index (χ4n) is 4.38. The molecular formula is C27H22ClN3O4S. The number of carbonyl (C=O) groups is 1. The first-order valence-corrected chi connectivity index (χ1v) is 12.9. The number of aryl methyl sites for hydroxylation is 2. The number of aromatic carboxylic acids is 1. The van der Waals surface area contributed by atoms with Gasteiger partial charge in [-0.3, -0.25) is 0 Å². The zero-order valence-electron chi connectivity index (χ0n) is 19.5. The second kappa shape index (κ2) is 8.96. The highest BCUT2D eigenvalue weighted by Gasteiger charge is 2.28. The van der Waals surface area contributed by atoms with Gasteiger partial charge in [-0.1, -0.05) is 41.9 Å². The van der Waals surface area contributed by atoms with Crippen LogP contribution in [0.5, 0.6) is 0 Å². The summed E-state index contributed by atoms with van der Waals surface area (Å²) >= 11 is 6.41. The lowest BCUT2D eigenvalue weighted by atomic mass is 10.1. The molecule has 2 aromatic heterocycles. The van der Waals surface area contributed by atoms with Crippen molar-refractivity contribution in [3.63, 3.8) is 0 Å². The van der Waals surface area contributed by atoms with Crippen molar-refractivity contribution in [1.82, 2.24) is 9.55 Å². The van der Waals surface area contributed by atoms with E-state index in [9.17, 15) is 18.3 Å². The Morgan fingerprint density at radius 2 is 1.78 bits per heavy atom. The van der Waals surface area contributed by atoms with Gasteiger partial charge in [0.1, 0.15) is 5.82 Å². The maximum absolute atomic E-state index is 13.9. The van der Waals surface area contributed by atoms with Crippen molar-refractivity contribution in [3.05, 3.63) is 101 Å². The van der Waals surface area contributed by atoms with Crippen LogP contribution in [0.3, 0.4) is 0 Å². The highest BCUT2D eigenvalue weighted by atomic mass is 35.5. The van der Waals surface area contributed by atoms with E-state index in [-0.39, 0.29) is 17.0 Å². The van der Waals surface area contributed by atoms with Crippen molar-refractivity contribution in [3.8, 4) is 0 Å². The normalized spacial score (nSPS) is 11.8. The summed E-state index contributed by atoms with van der Waals surface area (Å²) in [6.07, 6.45) is 3.47. The van der Waals surface area contributed by atoms with Crippen molar-refractivity contribution < 1.29 is 18.3 Å². The van der Waals surface area contributed by atoms with Gasteiger partial charge < -0.3 is 9.67 Å². The number of hydrogen-bond donors (Lipinski definition) is 1. The van der Waals surface area contributed by atoms with E-state index < -0.39 is 16.0 Å². The van der Waals surface area contributed by atoms with E-state index in [4.69, 9.17) is 11.6 Å². The van der Waals surface area contributed by atoms with Crippen LogP contribution in [-0.2, 0) is 23.6 Å². The first kappa shape index (κ1) is 23.8. The van der Waals surface area contributed by atoms with Gasteiger partial charge in [-0.15, -0.1) is 0 Å². The predicted octanol–water partition coefficient (Wildman–Crippen LogP) is 5.78. The number of halogens is 1. The smallest absolute Gasteiger partial charge is 0.335 e. The summed E-state index contributed by atoms with van der Waals surface area (Å²) in [6.45, 7) is 1.86. The zero-order chi connectivity index (χ0) is 25.6.